The molecule has 0 saturated heterocycles. The first-order chi connectivity index (χ1) is 19.3. The van der Waals surface area contributed by atoms with Gasteiger partial charge in [0.2, 0.25) is 17.7 Å². The number of nitro groups is 1. The highest BCUT2D eigenvalue weighted by molar-refractivity contribution is 5.76. The quantitative estimate of drug-likeness (QED) is 0.158. The number of hydrogen-bond acceptors (Lipinski definition) is 9. The van der Waals surface area contributed by atoms with Crippen molar-refractivity contribution in [2.24, 2.45) is 23.3 Å². The van der Waals surface area contributed by atoms with Crippen LogP contribution in [0, 0.1) is 28.9 Å². The molecule has 3 aromatic rings. The molecule has 1 heterocycles. The van der Waals surface area contributed by atoms with Gasteiger partial charge in [-0.3, -0.25) is 14.9 Å². The summed E-state index contributed by atoms with van der Waals surface area (Å²) in [6.45, 7) is 4.54. The van der Waals surface area contributed by atoms with Crippen molar-refractivity contribution < 1.29 is 9.72 Å². The first-order valence-electron chi connectivity index (χ1n) is 13.7. The van der Waals surface area contributed by atoms with Gasteiger partial charge in [0.15, 0.2) is 0 Å². The minimum absolute atomic E-state index is 0.127. The number of nitrogens with zero attached hydrogens (tertiary/aromatic N) is 3. The largest absolute Gasteiger partial charge is 0.369 e. The lowest BCUT2D eigenvalue weighted by molar-refractivity contribution is -0.384. The molecule has 0 atom stereocenters. The van der Waals surface area contributed by atoms with Crippen LogP contribution in [-0.2, 0) is 17.9 Å². The molecule has 1 fully saturated rings. The van der Waals surface area contributed by atoms with E-state index in [4.69, 9.17) is 11.5 Å². The van der Waals surface area contributed by atoms with E-state index in [1.807, 2.05) is 24.3 Å². The summed E-state index contributed by atoms with van der Waals surface area (Å²) in [5, 5.41) is 21.1. The molecule has 40 heavy (non-hydrogen) atoms. The van der Waals surface area contributed by atoms with E-state index < -0.39 is 10.8 Å². The van der Waals surface area contributed by atoms with Crippen LogP contribution in [0.2, 0.25) is 0 Å². The van der Waals surface area contributed by atoms with Crippen molar-refractivity contribution in [1.29, 1.82) is 0 Å². The third-order valence-corrected chi connectivity index (χ3v) is 7.57. The zero-order valence-corrected chi connectivity index (χ0v) is 22.9. The van der Waals surface area contributed by atoms with Gasteiger partial charge in [-0.05, 0) is 84.9 Å². The van der Waals surface area contributed by atoms with E-state index >= 15 is 0 Å². The van der Waals surface area contributed by atoms with Gasteiger partial charge in [0.25, 0.3) is 0 Å². The summed E-state index contributed by atoms with van der Waals surface area (Å²) in [7, 11) is 0. The highest BCUT2D eigenvalue weighted by Crippen LogP contribution is 2.30. The van der Waals surface area contributed by atoms with E-state index in [1.165, 1.54) is 6.20 Å². The Morgan fingerprint density at radius 2 is 1.82 bits per heavy atom. The highest BCUT2D eigenvalue weighted by atomic mass is 16.6. The fourth-order valence-electron chi connectivity index (χ4n) is 5.18. The van der Waals surface area contributed by atoms with Gasteiger partial charge in [-0.15, -0.1) is 0 Å². The molecule has 0 spiro atoms. The first kappa shape index (κ1) is 28.9. The molecule has 1 saturated carbocycles. The van der Waals surface area contributed by atoms with Crippen LogP contribution in [0.15, 0.2) is 48.7 Å². The Morgan fingerprint density at radius 1 is 1.07 bits per heavy atom. The molecule has 1 amide bonds. The summed E-state index contributed by atoms with van der Waals surface area (Å²) in [6, 6.07) is 14.2. The van der Waals surface area contributed by atoms with Crippen LogP contribution in [0.1, 0.15) is 42.4 Å². The first-order valence-corrected chi connectivity index (χ1v) is 13.7. The SMILES string of the molecule is Cc1c(CNc2ncc([N+](=O)[O-])c(NC[C@H]3CC[C@H](CN)CC3)n2)cccc1-c1cccc(CNCC(N)=O)c1. The van der Waals surface area contributed by atoms with Gasteiger partial charge in [0.05, 0.1) is 11.5 Å². The lowest BCUT2D eigenvalue weighted by Gasteiger charge is -2.27. The Balaban J connectivity index is 1.43. The predicted octanol–water partition coefficient (Wildman–Crippen LogP) is 3.72. The van der Waals surface area contributed by atoms with Crippen molar-refractivity contribution in [2.75, 3.05) is 30.3 Å². The van der Waals surface area contributed by atoms with Crippen LogP contribution in [0.3, 0.4) is 0 Å². The number of carbonyl (C=O) groups excluding carboxylic acids is 1. The van der Waals surface area contributed by atoms with Gasteiger partial charge >= 0.3 is 5.69 Å². The summed E-state index contributed by atoms with van der Waals surface area (Å²) >= 11 is 0. The number of amides is 1. The average molecular weight is 547 g/mol. The van der Waals surface area contributed by atoms with Crippen LogP contribution in [0.5, 0.6) is 0 Å². The van der Waals surface area contributed by atoms with Gasteiger partial charge in [0, 0.05) is 19.6 Å². The molecule has 0 unspecified atom stereocenters. The van der Waals surface area contributed by atoms with Crippen molar-refractivity contribution >= 4 is 23.4 Å². The number of nitrogens with two attached hydrogens (primary N) is 2. The number of aromatic nitrogens is 2. The third kappa shape index (κ3) is 7.73. The van der Waals surface area contributed by atoms with Gasteiger partial charge in [-0.2, -0.15) is 4.98 Å². The van der Waals surface area contributed by atoms with E-state index in [-0.39, 0.29) is 18.1 Å². The van der Waals surface area contributed by atoms with Crippen molar-refractivity contribution in [3.8, 4) is 11.1 Å². The molecule has 2 aromatic carbocycles. The van der Waals surface area contributed by atoms with Crippen LogP contribution >= 0.6 is 0 Å². The second-order valence-corrected chi connectivity index (χ2v) is 10.4. The van der Waals surface area contributed by atoms with Crippen LogP contribution in [-0.4, -0.2) is 40.4 Å². The molecule has 11 heteroatoms. The fraction of sp³-hybridized carbons (Fsp3) is 0.414. The lowest BCUT2D eigenvalue weighted by atomic mass is 9.82. The average Bonchev–Trinajstić information content (AvgIpc) is 2.95. The summed E-state index contributed by atoms with van der Waals surface area (Å²) in [6.07, 6.45) is 5.55. The van der Waals surface area contributed by atoms with Crippen molar-refractivity contribution in [2.45, 2.75) is 45.7 Å². The minimum Gasteiger partial charge on any atom is -0.369 e. The molecule has 0 aliphatic heterocycles. The number of rotatable bonds is 13. The molecule has 212 valence electrons. The van der Waals surface area contributed by atoms with Crippen LogP contribution < -0.4 is 27.4 Å². The summed E-state index contributed by atoms with van der Waals surface area (Å²) in [5.41, 5.74) is 16.2. The Hall–Kier alpha value is -4.09. The number of nitrogens with one attached hydrogen (secondary N) is 3. The third-order valence-electron chi connectivity index (χ3n) is 7.57. The molecule has 1 aromatic heterocycles. The van der Waals surface area contributed by atoms with Crippen molar-refractivity contribution in [1.82, 2.24) is 15.3 Å². The number of hydrogen-bond donors (Lipinski definition) is 5. The summed E-state index contributed by atoms with van der Waals surface area (Å²) in [5.74, 6) is 1.19. The van der Waals surface area contributed by atoms with Gasteiger partial charge in [0.1, 0.15) is 6.20 Å². The summed E-state index contributed by atoms with van der Waals surface area (Å²) in [4.78, 5) is 30.8. The standard InChI is InChI=1S/C29H38N8O3/c1-19-24(6-3-7-25(19)23-5-2-4-22(12-23)14-32-18-27(31)38)16-34-29-35-17-26(37(39)40)28(36-29)33-15-21-10-8-20(13-30)9-11-21/h2-7,12,17,20-21,32H,8-11,13-16,18,30H2,1H3,(H2,31,38)(H2,33,34,35,36)/t20-,21-. The summed E-state index contributed by atoms with van der Waals surface area (Å²) < 4.78 is 0. The van der Waals surface area contributed by atoms with Gasteiger partial charge in [-0.25, -0.2) is 4.98 Å². The van der Waals surface area contributed by atoms with E-state index in [0.717, 1.165) is 60.0 Å². The zero-order valence-electron chi connectivity index (χ0n) is 22.9. The van der Waals surface area contributed by atoms with Crippen molar-refractivity contribution in [3.05, 3.63) is 75.5 Å². The Bertz CT molecular complexity index is 1320. The molecular formula is C29H38N8O3. The fourth-order valence-corrected chi connectivity index (χ4v) is 5.18. The second kappa shape index (κ2) is 13.8. The Labute approximate surface area is 234 Å². The number of primary amides is 1. The topological polar surface area (TPSA) is 174 Å². The lowest BCUT2D eigenvalue weighted by Crippen LogP contribution is -2.28. The maximum Gasteiger partial charge on any atom is 0.329 e. The normalized spacial score (nSPS) is 16.9. The molecule has 1 aliphatic rings. The van der Waals surface area contributed by atoms with Crippen molar-refractivity contribution in [3.63, 3.8) is 0 Å². The van der Waals surface area contributed by atoms with Crippen LogP contribution in [0.25, 0.3) is 11.1 Å². The molecule has 0 bridgehead atoms. The van der Waals surface area contributed by atoms with E-state index in [2.05, 4.69) is 51.0 Å². The maximum atomic E-state index is 11.6. The number of anilines is 2. The Kier molecular flexibility index (Phi) is 9.98. The monoisotopic (exact) mass is 546 g/mol. The van der Waals surface area contributed by atoms with Gasteiger partial charge < -0.3 is 27.4 Å². The highest BCUT2D eigenvalue weighted by Gasteiger charge is 2.23. The van der Waals surface area contributed by atoms with E-state index in [0.29, 0.717) is 37.4 Å². The Morgan fingerprint density at radius 3 is 2.55 bits per heavy atom. The smallest absolute Gasteiger partial charge is 0.329 e. The minimum atomic E-state index is -0.456. The van der Waals surface area contributed by atoms with E-state index in [1.54, 1.807) is 0 Å². The van der Waals surface area contributed by atoms with E-state index in [9.17, 15) is 14.9 Å². The van der Waals surface area contributed by atoms with Crippen LogP contribution in [0.4, 0.5) is 17.5 Å². The molecular weight excluding hydrogens is 508 g/mol. The molecule has 7 N–H and O–H groups in total. The second-order valence-electron chi connectivity index (χ2n) is 10.4. The molecule has 4 rings (SSSR count). The molecule has 0 radical (unpaired) electrons. The number of benzene rings is 2. The van der Waals surface area contributed by atoms with Gasteiger partial charge in [-0.1, -0.05) is 36.4 Å². The zero-order chi connectivity index (χ0) is 28.5. The molecule has 11 nitrogen and oxygen atoms in total. The maximum absolute atomic E-state index is 11.6. The predicted molar refractivity (Wildman–Crippen MR) is 157 cm³/mol. The number of carbonyl (C=O) groups is 1. The molecule has 1 aliphatic carbocycles.